The van der Waals surface area contributed by atoms with Gasteiger partial charge in [0, 0.05) is 6.04 Å². The Balaban J connectivity index is 2.21. The molecule has 0 fully saturated rings. The van der Waals surface area contributed by atoms with Gasteiger partial charge in [-0.3, -0.25) is 0 Å². The Kier molecular flexibility index (Phi) is 4.45. The third-order valence-corrected chi connectivity index (χ3v) is 3.29. The number of ether oxygens (including phenoxy) is 1. The zero-order valence-electron chi connectivity index (χ0n) is 11.1. The van der Waals surface area contributed by atoms with Crippen molar-refractivity contribution in [3.05, 3.63) is 58.6 Å². The number of hydrogen-bond acceptors (Lipinski definition) is 2. The van der Waals surface area contributed by atoms with Crippen LogP contribution in [0.3, 0.4) is 0 Å². The molecule has 1 N–H and O–H groups in total. The number of rotatable bonds is 4. The van der Waals surface area contributed by atoms with E-state index >= 15 is 0 Å². The van der Waals surface area contributed by atoms with Crippen LogP contribution in [0.4, 0.5) is 14.5 Å². The Morgan fingerprint density at radius 2 is 1.90 bits per heavy atom. The smallest absolute Gasteiger partial charge is 0.165 e. The minimum absolute atomic E-state index is 0.132. The summed E-state index contributed by atoms with van der Waals surface area (Å²) in [4.78, 5) is 0. The summed E-state index contributed by atoms with van der Waals surface area (Å²) in [6.07, 6.45) is 0. The molecule has 0 bridgehead atoms. The highest BCUT2D eigenvalue weighted by atomic mass is 35.5. The number of benzene rings is 2. The number of halogens is 3. The van der Waals surface area contributed by atoms with Crippen molar-refractivity contribution in [2.75, 3.05) is 12.4 Å². The Morgan fingerprint density at radius 3 is 2.55 bits per heavy atom. The monoisotopic (exact) mass is 297 g/mol. The van der Waals surface area contributed by atoms with Crippen LogP contribution >= 0.6 is 11.6 Å². The first kappa shape index (κ1) is 14.6. The van der Waals surface area contributed by atoms with E-state index in [0.29, 0.717) is 10.7 Å². The van der Waals surface area contributed by atoms with E-state index < -0.39 is 11.6 Å². The largest absolute Gasteiger partial charge is 0.494 e. The Bertz CT molecular complexity index is 619. The fourth-order valence-electron chi connectivity index (χ4n) is 1.87. The van der Waals surface area contributed by atoms with Gasteiger partial charge in [-0.25, -0.2) is 8.78 Å². The minimum Gasteiger partial charge on any atom is -0.494 e. The lowest BCUT2D eigenvalue weighted by molar-refractivity contribution is 0.385. The van der Waals surface area contributed by atoms with Crippen LogP contribution in [0.5, 0.6) is 5.75 Å². The first-order chi connectivity index (χ1) is 9.51. The van der Waals surface area contributed by atoms with Crippen LogP contribution in [0.25, 0.3) is 0 Å². The normalized spacial score (nSPS) is 12.1. The quantitative estimate of drug-likeness (QED) is 0.875. The molecule has 0 radical (unpaired) electrons. The molecule has 2 rings (SSSR count). The summed E-state index contributed by atoms with van der Waals surface area (Å²) in [6.45, 7) is 1.90. The van der Waals surface area contributed by atoms with E-state index in [9.17, 15) is 8.78 Å². The highest BCUT2D eigenvalue weighted by Gasteiger charge is 2.11. The molecule has 2 aromatic carbocycles. The predicted octanol–water partition coefficient (Wildman–Crippen LogP) is 4.80. The standard InChI is InChI=1S/C15H14ClF2NO/c1-9(10-3-5-13(18)15(7-10)20-2)19-14-6-4-11(17)8-12(14)16/h3-9,19H,1-2H3. The molecule has 0 spiro atoms. The minimum atomic E-state index is -0.414. The predicted molar refractivity (Wildman–Crippen MR) is 76.4 cm³/mol. The molecule has 2 aromatic rings. The molecule has 0 heterocycles. The number of anilines is 1. The molecule has 1 unspecified atom stereocenters. The average molecular weight is 298 g/mol. The van der Waals surface area contributed by atoms with Crippen molar-refractivity contribution in [1.29, 1.82) is 0 Å². The van der Waals surface area contributed by atoms with Gasteiger partial charge in [-0.1, -0.05) is 17.7 Å². The molecule has 2 nitrogen and oxygen atoms in total. The zero-order valence-corrected chi connectivity index (χ0v) is 11.8. The lowest BCUT2D eigenvalue weighted by Crippen LogP contribution is -2.07. The van der Waals surface area contributed by atoms with Crippen molar-refractivity contribution < 1.29 is 13.5 Å². The molecular formula is C15H14ClF2NO. The highest BCUT2D eigenvalue weighted by Crippen LogP contribution is 2.28. The van der Waals surface area contributed by atoms with Crippen LogP contribution in [0.1, 0.15) is 18.5 Å². The number of hydrogen-bond donors (Lipinski definition) is 1. The summed E-state index contributed by atoms with van der Waals surface area (Å²) in [7, 11) is 1.41. The van der Waals surface area contributed by atoms with Gasteiger partial charge in [-0.15, -0.1) is 0 Å². The summed E-state index contributed by atoms with van der Waals surface area (Å²) in [5.41, 5.74) is 1.45. The van der Waals surface area contributed by atoms with Crippen LogP contribution in [-0.4, -0.2) is 7.11 Å². The molecule has 20 heavy (non-hydrogen) atoms. The Labute approximate surface area is 121 Å². The molecular weight excluding hydrogens is 284 g/mol. The number of nitrogens with one attached hydrogen (secondary N) is 1. The second-order valence-electron chi connectivity index (χ2n) is 4.38. The molecule has 0 saturated heterocycles. The van der Waals surface area contributed by atoms with Crippen molar-refractivity contribution in [3.63, 3.8) is 0 Å². The lowest BCUT2D eigenvalue weighted by atomic mass is 10.1. The molecule has 106 valence electrons. The van der Waals surface area contributed by atoms with Crippen LogP contribution < -0.4 is 10.1 Å². The van der Waals surface area contributed by atoms with Gasteiger partial charge >= 0.3 is 0 Å². The second-order valence-corrected chi connectivity index (χ2v) is 4.79. The molecule has 0 aliphatic carbocycles. The maximum Gasteiger partial charge on any atom is 0.165 e. The van der Waals surface area contributed by atoms with Crippen LogP contribution in [0, 0.1) is 11.6 Å². The first-order valence-electron chi connectivity index (χ1n) is 6.06. The Hall–Kier alpha value is -1.81. The van der Waals surface area contributed by atoms with Gasteiger partial charge < -0.3 is 10.1 Å². The summed E-state index contributed by atoms with van der Waals surface area (Å²) < 4.78 is 31.3. The molecule has 0 aromatic heterocycles. The fraction of sp³-hybridized carbons (Fsp3) is 0.200. The first-order valence-corrected chi connectivity index (χ1v) is 6.44. The van der Waals surface area contributed by atoms with Crippen molar-refractivity contribution in [2.45, 2.75) is 13.0 Å². The SMILES string of the molecule is COc1cc(C(C)Nc2ccc(F)cc2Cl)ccc1F. The van der Waals surface area contributed by atoms with E-state index in [4.69, 9.17) is 16.3 Å². The van der Waals surface area contributed by atoms with Gasteiger partial charge in [-0.2, -0.15) is 0 Å². The van der Waals surface area contributed by atoms with E-state index in [2.05, 4.69) is 5.32 Å². The van der Waals surface area contributed by atoms with Gasteiger partial charge in [0.25, 0.3) is 0 Å². The lowest BCUT2D eigenvalue weighted by Gasteiger charge is -2.17. The molecule has 0 aliphatic heterocycles. The molecule has 0 saturated carbocycles. The molecule has 1 atom stereocenters. The van der Waals surface area contributed by atoms with Crippen LogP contribution in [-0.2, 0) is 0 Å². The van der Waals surface area contributed by atoms with Crippen molar-refractivity contribution >= 4 is 17.3 Å². The summed E-state index contributed by atoms with van der Waals surface area (Å²) >= 11 is 5.96. The van der Waals surface area contributed by atoms with E-state index in [0.717, 1.165) is 5.56 Å². The van der Waals surface area contributed by atoms with Crippen molar-refractivity contribution in [3.8, 4) is 5.75 Å². The van der Waals surface area contributed by atoms with Gasteiger partial charge in [0.15, 0.2) is 11.6 Å². The fourth-order valence-corrected chi connectivity index (χ4v) is 2.09. The topological polar surface area (TPSA) is 21.3 Å². The maximum absolute atomic E-state index is 13.4. The molecule has 0 aliphatic rings. The zero-order chi connectivity index (χ0) is 14.7. The van der Waals surface area contributed by atoms with Gasteiger partial charge in [0.05, 0.1) is 17.8 Å². The molecule has 5 heteroatoms. The third kappa shape index (κ3) is 3.20. The van der Waals surface area contributed by atoms with Crippen molar-refractivity contribution in [1.82, 2.24) is 0 Å². The van der Waals surface area contributed by atoms with Gasteiger partial charge in [-0.05, 0) is 42.8 Å². The Morgan fingerprint density at radius 1 is 1.15 bits per heavy atom. The van der Waals surface area contributed by atoms with Crippen LogP contribution in [0.2, 0.25) is 5.02 Å². The van der Waals surface area contributed by atoms with E-state index in [1.54, 1.807) is 18.2 Å². The third-order valence-electron chi connectivity index (χ3n) is 2.98. The van der Waals surface area contributed by atoms with Gasteiger partial charge in [0.1, 0.15) is 5.82 Å². The van der Waals surface area contributed by atoms with Crippen LogP contribution in [0.15, 0.2) is 36.4 Å². The number of methoxy groups -OCH3 is 1. The summed E-state index contributed by atoms with van der Waals surface area (Å²) in [5.74, 6) is -0.624. The molecule has 0 amide bonds. The maximum atomic E-state index is 13.4. The summed E-state index contributed by atoms with van der Waals surface area (Å²) in [6, 6.07) is 8.62. The van der Waals surface area contributed by atoms with E-state index in [1.165, 1.54) is 25.3 Å². The average Bonchev–Trinajstić information content (AvgIpc) is 2.42. The highest BCUT2D eigenvalue weighted by molar-refractivity contribution is 6.33. The second kappa shape index (κ2) is 6.09. The summed E-state index contributed by atoms with van der Waals surface area (Å²) in [5, 5.41) is 3.44. The van der Waals surface area contributed by atoms with E-state index in [1.807, 2.05) is 6.92 Å². The van der Waals surface area contributed by atoms with E-state index in [-0.39, 0.29) is 11.8 Å². The van der Waals surface area contributed by atoms with Crippen molar-refractivity contribution in [2.24, 2.45) is 0 Å². The van der Waals surface area contributed by atoms with Gasteiger partial charge in [0.2, 0.25) is 0 Å².